The number of allylic oxidation sites excluding steroid dienone is 3. The van der Waals surface area contributed by atoms with Crippen LogP contribution < -0.4 is 5.32 Å². The number of carbonyl (C=O) groups is 2. The molecule has 5 aliphatic carbocycles. The smallest absolute Gasteiger partial charge is 0.317 e. The summed E-state index contributed by atoms with van der Waals surface area (Å²) in [5.74, 6) is -0.284. The van der Waals surface area contributed by atoms with Gasteiger partial charge in [-0.25, -0.2) is 8.42 Å². The molecule has 3 N–H and O–H groups in total. The van der Waals surface area contributed by atoms with Crippen LogP contribution in [0.1, 0.15) is 119 Å². The zero-order valence-corrected chi connectivity index (χ0v) is 32.7. The van der Waals surface area contributed by atoms with Gasteiger partial charge in [-0.05, 0) is 135 Å². The van der Waals surface area contributed by atoms with Crippen molar-refractivity contribution in [3.05, 3.63) is 23.8 Å². The number of rotatable bonds is 11. The van der Waals surface area contributed by atoms with Crippen LogP contribution in [0.5, 0.6) is 0 Å². The maximum atomic E-state index is 12.0. The monoisotopic (exact) mass is 714 g/mol. The molecule has 0 spiro atoms. The number of carboxylic acids is 2. The second kappa shape index (κ2) is 13.3. The van der Waals surface area contributed by atoms with E-state index in [-0.39, 0.29) is 45.1 Å². The van der Waals surface area contributed by atoms with Gasteiger partial charge in [0.25, 0.3) is 0 Å². The molecule has 282 valence electrons. The Labute approximate surface area is 302 Å². The van der Waals surface area contributed by atoms with E-state index in [2.05, 4.69) is 64.4 Å². The summed E-state index contributed by atoms with van der Waals surface area (Å²) < 4.78 is 24.0. The normalized spacial score (nSPS) is 42.1. The van der Waals surface area contributed by atoms with Crippen LogP contribution in [0.2, 0.25) is 0 Å². The van der Waals surface area contributed by atoms with Crippen LogP contribution in [0.15, 0.2) is 23.8 Å². The molecular weight excluding hydrogens is 649 g/mol. The Hall–Kier alpha value is -1.71. The Morgan fingerprint density at radius 1 is 0.940 bits per heavy atom. The Balaban J connectivity index is 1.21. The molecular formula is C41H66N2O6S. The van der Waals surface area contributed by atoms with Crippen LogP contribution in [-0.2, 0) is 19.4 Å². The van der Waals surface area contributed by atoms with Crippen molar-refractivity contribution in [2.24, 2.45) is 57.2 Å². The molecule has 0 radical (unpaired) electrons. The minimum absolute atomic E-state index is 0.00525. The van der Waals surface area contributed by atoms with Gasteiger partial charge in [0.05, 0.1) is 11.5 Å². The van der Waals surface area contributed by atoms with E-state index in [1.165, 1.54) is 62.5 Å². The van der Waals surface area contributed by atoms with E-state index in [0.29, 0.717) is 49.1 Å². The first-order valence-electron chi connectivity index (χ1n) is 19.8. The van der Waals surface area contributed by atoms with Gasteiger partial charge in [-0.2, -0.15) is 0 Å². The first-order chi connectivity index (χ1) is 23.3. The Morgan fingerprint density at radius 3 is 2.26 bits per heavy atom. The zero-order chi connectivity index (χ0) is 36.5. The van der Waals surface area contributed by atoms with Crippen molar-refractivity contribution >= 4 is 21.8 Å². The quantitative estimate of drug-likeness (QED) is 0.152. The van der Waals surface area contributed by atoms with Gasteiger partial charge in [0.15, 0.2) is 15.8 Å². The molecule has 9 heteroatoms. The second-order valence-electron chi connectivity index (χ2n) is 19.0. The number of aliphatic carboxylic acids is 2. The fourth-order valence-corrected chi connectivity index (χ4v) is 15.1. The lowest BCUT2D eigenvalue weighted by molar-refractivity contribution is -0.221. The van der Waals surface area contributed by atoms with Crippen LogP contribution >= 0.6 is 0 Å². The van der Waals surface area contributed by atoms with Crippen molar-refractivity contribution in [1.29, 1.82) is 0 Å². The van der Waals surface area contributed by atoms with Crippen molar-refractivity contribution in [3.63, 3.8) is 0 Å². The number of hydrogen-bond acceptors (Lipinski definition) is 6. The minimum atomic E-state index is -2.87. The fraction of sp³-hybridized carbons (Fsp3) is 0.854. The SMILES string of the molecule is C=C(C)[C@@H]1CC[C@]2(NCCN3CCS(=O)(=O)CC3)CC[C@]3(C)[C@H](CC[C@@H]4[C@@]5(C)CC=C(CCCC(C(=O)O)C(=O)O)C(C)(C)[C@@H]5CC[C@]43C)[C@@H]12. The largest absolute Gasteiger partial charge is 0.481 e. The van der Waals surface area contributed by atoms with Crippen LogP contribution in [0, 0.1) is 57.2 Å². The first-order valence-corrected chi connectivity index (χ1v) is 21.6. The lowest BCUT2D eigenvalue weighted by Gasteiger charge is -2.72. The van der Waals surface area contributed by atoms with Crippen molar-refractivity contribution in [2.45, 2.75) is 124 Å². The minimum Gasteiger partial charge on any atom is -0.481 e. The first kappa shape index (κ1) is 38.0. The molecule has 1 aliphatic heterocycles. The molecule has 9 atom stereocenters. The van der Waals surface area contributed by atoms with Crippen molar-refractivity contribution in [1.82, 2.24) is 10.2 Å². The van der Waals surface area contributed by atoms with Gasteiger partial charge in [0.2, 0.25) is 0 Å². The summed E-state index contributed by atoms with van der Waals surface area (Å²) in [5.41, 5.74) is 3.54. The summed E-state index contributed by atoms with van der Waals surface area (Å²) >= 11 is 0. The fourth-order valence-electron chi connectivity index (χ4n) is 13.8. The second-order valence-corrected chi connectivity index (χ2v) is 21.3. The molecule has 0 aromatic rings. The molecule has 5 fully saturated rings. The summed E-state index contributed by atoms with van der Waals surface area (Å²) in [6.45, 7) is 22.7. The molecule has 8 nitrogen and oxygen atoms in total. The lowest BCUT2D eigenvalue weighted by atomic mass is 9.33. The Bertz CT molecular complexity index is 1480. The highest BCUT2D eigenvalue weighted by atomic mass is 32.2. The third-order valence-corrected chi connectivity index (χ3v) is 18.3. The number of fused-ring (bicyclic) bond motifs is 7. The number of nitrogens with one attached hydrogen (secondary N) is 1. The van der Waals surface area contributed by atoms with Crippen molar-refractivity contribution in [3.8, 4) is 0 Å². The highest BCUT2D eigenvalue weighted by molar-refractivity contribution is 7.91. The summed E-state index contributed by atoms with van der Waals surface area (Å²) in [7, 11) is -2.87. The van der Waals surface area contributed by atoms with Crippen molar-refractivity contribution in [2.75, 3.05) is 37.7 Å². The van der Waals surface area contributed by atoms with Crippen LogP contribution in [0.25, 0.3) is 0 Å². The van der Waals surface area contributed by atoms with Crippen molar-refractivity contribution < 1.29 is 28.2 Å². The van der Waals surface area contributed by atoms with Gasteiger partial charge >= 0.3 is 11.9 Å². The standard InChI is InChI=1S/C41H66N2O6S/c1-27(2)29-14-18-41(42-21-22-43-23-25-50(48,49)26-24-43)20-19-39(6)31(34(29)41)11-12-33-38(5)16-13-28(9-8-10-30(35(44)45)36(46)47)37(3,4)32(38)15-17-40(33,39)7/h13,29-34,42H,1,8-12,14-26H2,2-7H3,(H,44,45)(H,46,47)/t29-,31+,32-,33+,34+,38-,39+,40+,41-/m0/s1. The van der Waals surface area contributed by atoms with Crippen LogP contribution in [0.4, 0.5) is 0 Å². The van der Waals surface area contributed by atoms with Gasteiger partial charge < -0.3 is 20.4 Å². The summed E-state index contributed by atoms with van der Waals surface area (Å²) in [6, 6.07) is 0. The molecule has 0 unspecified atom stereocenters. The molecule has 50 heavy (non-hydrogen) atoms. The summed E-state index contributed by atoms with van der Waals surface area (Å²) in [5, 5.41) is 23.0. The van der Waals surface area contributed by atoms with E-state index < -0.39 is 27.7 Å². The maximum Gasteiger partial charge on any atom is 0.317 e. The van der Waals surface area contributed by atoms with Gasteiger partial charge in [-0.1, -0.05) is 58.4 Å². The predicted molar refractivity (Wildman–Crippen MR) is 198 cm³/mol. The molecule has 6 rings (SSSR count). The van der Waals surface area contributed by atoms with Crippen LogP contribution in [0.3, 0.4) is 0 Å². The molecule has 6 aliphatic rings. The average Bonchev–Trinajstić information content (AvgIpc) is 3.41. The van der Waals surface area contributed by atoms with Gasteiger partial charge in [0, 0.05) is 31.7 Å². The number of hydrogen-bond donors (Lipinski definition) is 3. The highest BCUT2D eigenvalue weighted by Crippen LogP contribution is 2.76. The van der Waals surface area contributed by atoms with Gasteiger partial charge in [-0.15, -0.1) is 0 Å². The third kappa shape index (κ3) is 6.15. The lowest BCUT2D eigenvalue weighted by Crippen LogP contribution is -2.68. The number of carboxylic acid groups (broad SMARTS) is 2. The van der Waals surface area contributed by atoms with Gasteiger partial charge in [-0.3, -0.25) is 9.59 Å². The van der Waals surface area contributed by atoms with Crippen LogP contribution in [-0.4, -0.2) is 78.7 Å². The van der Waals surface area contributed by atoms with E-state index in [0.717, 1.165) is 25.9 Å². The van der Waals surface area contributed by atoms with Gasteiger partial charge in [0.1, 0.15) is 0 Å². The van der Waals surface area contributed by atoms with E-state index in [9.17, 15) is 28.2 Å². The van der Waals surface area contributed by atoms with E-state index in [1.54, 1.807) is 0 Å². The number of sulfone groups is 1. The molecule has 1 heterocycles. The summed E-state index contributed by atoms with van der Waals surface area (Å²) in [4.78, 5) is 25.3. The molecule has 1 saturated heterocycles. The average molecular weight is 715 g/mol. The van der Waals surface area contributed by atoms with E-state index in [4.69, 9.17) is 0 Å². The predicted octanol–water partition coefficient (Wildman–Crippen LogP) is 7.21. The molecule has 0 aromatic heterocycles. The molecule has 0 bridgehead atoms. The molecule has 0 amide bonds. The number of nitrogens with zero attached hydrogens (tertiary/aromatic N) is 1. The molecule has 0 aromatic carbocycles. The zero-order valence-electron chi connectivity index (χ0n) is 31.9. The molecule has 4 saturated carbocycles. The van der Waals surface area contributed by atoms with E-state index in [1.807, 2.05) is 0 Å². The maximum absolute atomic E-state index is 12.0. The topological polar surface area (TPSA) is 124 Å². The third-order valence-electron chi connectivity index (χ3n) is 16.7. The summed E-state index contributed by atoms with van der Waals surface area (Å²) in [6.07, 6.45) is 14.9. The Morgan fingerprint density at radius 2 is 1.62 bits per heavy atom. The highest BCUT2D eigenvalue weighted by Gasteiger charge is 2.70. The van der Waals surface area contributed by atoms with E-state index >= 15 is 0 Å². The Kier molecular flexibility index (Phi) is 10.1.